The summed E-state index contributed by atoms with van der Waals surface area (Å²) in [6.07, 6.45) is 6.25. The average molecular weight is 308 g/mol. The summed E-state index contributed by atoms with van der Waals surface area (Å²) in [5, 5.41) is 0. The molecule has 2 N–H and O–H groups in total. The second-order valence-corrected chi connectivity index (χ2v) is 5.79. The van der Waals surface area contributed by atoms with Gasteiger partial charge >= 0.3 is 0 Å². The third-order valence-corrected chi connectivity index (χ3v) is 4.49. The van der Waals surface area contributed by atoms with Crippen LogP contribution >= 0.6 is 0 Å². The van der Waals surface area contributed by atoms with Gasteiger partial charge in [0.25, 0.3) is 0 Å². The number of rotatable bonds is 6. The molecule has 0 radical (unpaired) electrons. The number of anilines is 1. The number of methoxy groups -OCH3 is 1. The fourth-order valence-corrected chi connectivity index (χ4v) is 3.28. The summed E-state index contributed by atoms with van der Waals surface area (Å²) in [7, 11) is 1.78. The Morgan fingerprint density at radius 1 is 1.45 bits per heavy atom. The van der Waals surface area contributed by atoms with Crippen LogP contribution in [0.15, 0.2) is 24.3 Å². The second-order valence-electron chi connectivity index (χ2n) is 5.79. The highest BCUT2D eigenvalue weighted by Gasteiger charge is 2.45. The van der Waals surface area contributed by atoms with Crippen LogP contribution in [0.4, 0.5) is 10.3 Å². The SMILES string of the molecule is COC1CC2CC1CN2c1ncc(OC/C(=C/F)CN)cn1. The Hall–Kier alpha value is -1.73. The fraction of sp³-hybridized carbons (Fsp3) is 0.600. The van der Waals surface area contributed by atoms with E-state index >= 15 is 0 Å². The van der Waals surface area contributed by atoms with E-state index in [0.29, 0.717) is 35.7 Å². The molecule has 0 aromatic carbocycles. The smallest absolute Gasteiger partial charge is 0.225 e. The Kier molecular flexibility index (Phi) is 4.54. The van der Waals surface area contributed by atoms with Crippen LogP contribution in [0.2, 0.25) is 0 Å². The van der Waals surface area contributed by atoms with Gasteiger partial charge in [-0.15, -0.1) is 0 Å². The molecule has 1 aliphatic heterocycles. The average Bonchev–Trinajstić information content (AvgIpc) is 3.16. The van der Waals surface area contributed by atoms with Gasteiger partial charge in [-0.05, 0) is 12.8 Å². The Balaban J connectivity index is 1.59. The Bertz CT molecular complexity index is 537. The normalized spacial score (nSPS) is 27.5. The van der Waals surface area contributed by atoms with Crippen LogP contribution in [0, 0.1) is 5.92 Å². The van der Waals surface area contributed by atoms with Gasteiger partial charge in [-0.1, -0.05) is 0 Å². The number of aromatic nitrogens is 2. The summed E-state index contributed by atoms with van der Waals surface area (Å²) in [4.78, 5) is 11.0. The Labute approximate surface area is 129 Å². The molecule has 1 aromatic heterocycles. The lowest BCUT2D eigenvalue weighted by Crippen LogP contribution is -2.39. The highest BCUT2D eigenvalue weighted by atomic mass is 19.1. The number of fused-ring (bicyclic) bond motifs is 2. The third kappa shape index (κ3) is 2.91. The van der Waals surface area contributed by atoms with Crippen LogP contribution in [0.3, 0.4) is 0 Å². The fourth-order valence-electron chi connectivity index (χ4n) is 3.28. The van der Waals surface area contributed by atoms with Gasteiger partial charge in [-0.25, -0.2) is 14.4 Å². The minimum atomic E-state index is 0.111. The van der Waals surface area contributed by atoms with Crippen LogP contribution in [-0.4, -0.2) is 48.9 Å². The van der Waals surface area contributed by atoms with E-state index in [1.807, 2.05) is 0 Å². The van der Waals surface area contributed by atoms with Crippen molar-refractivity contribution in [3.63, 3.8) is 0 Å². The summed E-state index contributed by atoms with van der Waals surface area (Å²) < 4.78 is 23.3. The molecule has 1 aliphatic carbocycles. The topological polar surface area (TPSA) is 73.5 Å². The van der Waals surface area contributed by atoms with E-state index in [1.165, 1.54) is 0 Å². The molecule has 22 heavy (non-hydrogen) atoms. The lowest BCUT2D eigenvalue weighted by atomic mass is 10.1. The first-order valence-electron chi connectivity index (χ1n) is 7.47. The maximum Gasteiger partial charge on any atom is 0.225 e. The molecular formula is C15H21FN4O2. The van der Waals surface area contributed by atoms with E-state index < -0.39 is 0 Å². The van der Waals surface area contributed by atoms with Crippen molar-refractivity contribution < 1.29 is 13.9 Å². The molecule has 3 atom stereocenters. The Morgan fingerprint density at radius 3 is 2.77 bits per heavy atom. The molecule has 2 aliphatic rings. The number of hydrogen-bond acceptors (Lipinski definition) is 6. The standard InChI is InChI=1S/C15H21FN4O2/c1-21-14-3-12-2-11(14)8-20(12)15-18-6-13(7-19-15)22-9-10(4-16)5-17/h4,6-7,11-12,14H,2-3,5,8-9,17H2,1H3/b10-4+. The number of piperidine rings is 1. The molecule has 6 nitrogen and oxygen atoms in total. The molecule has 3 unspecified atom stereocenters. The number of nitrogens with two attached hydrogens (primary N) is 1. The minimum absolute atomic E-state index is 0.111. The molecule has 7 heteroatoms. The lowest BCUT2D eigenvalue weighted by Gasteiger charge is -2.30. The molecule has 1 aromatic rings. The molecule has 3 rings (SSSR count). The summed E-state index contributed by atoms with van der Waals surface area (Å²) in [6, 6.07) is 0.458. The van der Waals surface area contributed by atoms with Crippen molar-refractivity contribution in [3.8, 4) is 5.75 Å². The second kappa shape index (κ2) is 6.58. The van der Waals surface area contributed by atoms with E-state index in [1.54, 1.807) is 19.5 Å². The van der Waals surface area contributed by atoms with Crippen molar-refractivity contribution >= 4 is 5.95 Å². The van der Waals surface area contributed by atoms with Crippen LogP contribution in [-0.2, 0) is 4.74 Å². The van der Waals surface area contributed by atoms with Gasteiger partial charge in [0, 0.05) is 37.7 Å². The highest BCUT2D eigenvalue weighted by Crippen LogP contribution is 2.40. The summed E-state index contributed by atoms with van der Waals surface area (Å²) in [6.45, 7) is 1.18. The van der Waals surface area contributed by atoms with Gasteiger partial charge in [0.05, 0.1) is 24.8 Å². The van der Waals surface area contributed by atoms with Gasteiger partial charge in [0.2, 0.25) is 5.95 Å². The monoisotopic (exact) mass is 308 g/mol. The predicted octanol–water partition coefficient (Wildman–Crippen LogP) is 1.28. The first-order valence-corrected chi connectivity index (χ1v) is 7.47. The van der Waals surface area contributed by atoms with Gasteiger partial charge in [-0.3, -0.25) is 0 Å². The molecule has 2 fully saturated rings. The van der Waals surface area contributed by atoms with Crippen molar-refractivity contribution in [1.82, 2.24) is 9.97 Å². The zero-order valence-corrected chi connectivity index (χ0v) is 12.6. The summed E-state index contributed by atoms with van der Waals surface area (Å²) in [5.74, 6) is 1.79. The molecule has 2 bridgehead atoms. The van der Waals surface area contributed by atoms with E-state index in [2.05, 4.69) is 14.9 Å². The third-order valence-electron chi connectivity index (χ3n) is 4.49. The number of nitrogens with zero attached hydrogens (tertiary/aromatic N) is 3. The van der Waals surface area contributed by atoms with Gasteiger partial charge < -0.3 is 20.1 Å². The van der Waals surface area contributed by atoms with Gasteiger partial charge in [0.15, 0.2) is 5.75 Å². The molecular weight excluding hydrogens is 287 g/mol. The van der Waals surface area contributed by atoms with E-state index in [-0.39, 0.29) is 13.2 Å². The summed E-state index contributed by atoms with van der Waals surface area (Å²) >= 11 is 0. The summed E-state index contributed by atoms with van der Waals surface area (Å²) in [5.41, 5.74) is 5.77. The largest absolute Gasteiger partial charge is 0.486 e. The zero-order chi connectivity index (χ0) is 15.5. The van der Waals surface area contributed by atoms with Crippen molar-refractivity contribution in [2.75, 3.05) is 31.7 Å². The van der Waals surface area contributed by atoms with Crippen LogP contribution < -0.4 is 15.4 Å². The Morgan fingerprint density at radius 2 is 2.23 bits per heavy atom. The van der Waals surface area contributed by atoms with E-state index in [4.69, 9.17) is 15.2 Å². The lowest BCUT2D eigenvalue weighted by molar-refractivity contribution is 0.0668. The van der Waals surface area contributed by atoms with Crippen LogP contribution in [0.25, 0.3) is 0 Å². The number of halogens is 1. The van der Waals surface area contributed by atoms with Crippen LogP contribution in [0.1, 0.15) is 12.8 Å². The molecule has 120 valence electrons. The quantitative estimate of drug-likeness (QED) is 0.853. The van der Waals surface area contributed by atoms with Crippen molar-refractivity contribution in [2.24, 2.45) is 11.7 Å². The molecule has 2 heterocycles. The maximum absolute atomic E-state index is 12.4. The van der Waals surface area contributed by atoms with Crippen molar-refractivity contribution in [1.29, 1.82) is 0 Å². The van der Waals surface area contributed by atoms with Crippen molar-refractivity contribution in [2.45, 2.75) is 25.0 Å². The van der Waals surface area contributed by atoms with Gasteiger partial charge in [-0.2, -0.15) is 0 Å². The zero-order valence-electron chi connectivity index (χ0n) is 12.6. The molecule has 0 amide bonds. The molecule has 1 saturated heterocycles. The highest BCUT2D eigenvalue weighted by molar-refractivity contribution is 5.37. The number of ether oxygens (including phenoxy) is 2. The minimum Gasteiger partial charge on any atom is -0.486 e. The van der Waals surface area contributed by atoms with E-state index in [0.717, 1.165) is 25.3 Å². The van der Waals surface area contributed by atoms with Crippen LogP contribution in [0.5, 0.6) is 5.75 Å². The predicted molar refractivity (Wildman–Crippen MR) is 80.4 cm³/mol. The maximum atomic E-state index is 12.4. The van der Waals surface area contributed by atoms with Gasteiger partial charge in [0.1, 0.15) is 6.61 Å². The van der Waals surface area contributed by atoms with E-state index in [9.17, 15) is 4.39 Å². The number of hydrogen-bond donors (Lipinski definition) is 1. The molecule has 1 saturated carbocycles. The molecule has 0 spiro atoms. The van der Waals surface area contributed by atoms with Crippen molar-refractivity contribution in [3.05, 3.63) is 24.3 Å². The first kappa shape index (κ1) is 15.2. The first-order chi connectivity index (χ1) is 10.7.